The van der Waals surface area contributed by atoms with Gasteiger partial charge in [-0.3, -0.25) is 9.59 Å². The van der Waals surface area contributed by atoms with Crippen molar-refractivity contribution in [2.75, 3.05) is 13.2 Å². The van der Waals surface area contributed by atoms with Crippen molar-refractivity contribution in [2.24, 2.45) is 5.92 Å². The number of carboxylic acid groups (broad SMARTS) is 1. The standard InChI is InChI=1S/C24H28N2O5/c1-3-16(12-22(27)25-13-15(2)23(28)29)26-24(30)31-14-21-19-10-6-4-8-17(19)18-9-5-7-11-20(18)21/h4-11,15-16,21H,3,12-14H2,1-2H3,(H,25,27)(H,26,30)(H,28,29)/t15?,16-/m1/s1. The van der Waals surface area contributed by atoms with E-state index < -0.39 is 24.0 Å². The highest BCUT2D eigenvalue weighted by Crippen LogP contribution is 2.44. The fraction of sp³-hybridized carbons (Fsp3) is 0.375. The number of alkyl carbamates (subject to hydrolysis) is 1. The van der Waals surface area contributed by atoms with Crippen LogP contribution in [0.25, 0.3) is 11.1 Å². The first kappa shape index (κ1) is 22.3. The number of amides is 2. The number of rotatable bonds is 9. The lowest BCUT2D eigenvalue weighted by Crippen LogP contribution is -2.40. The fourth-order valence-electron chi connectivity index (χ4n) is 3.75. The van der Waals surface area contributed by atoms with E-state index in [1.807, 2.05) is 31.2 Å². The second-order valence-electron chi connectivity index (χ2n) is 7.82. The first-order chi connectivity index (χ1) is 14.9. The van der Waals surface area contributed by atoms with Crippen LogP contribution in [-0.4, -0.2) is 42.3 Å². The molecule has 3 N–H and O–H groups in total. The molecule has 0 saturated heterocycles. The number of carbonyl (C=O) groups is 3. The van der Waals surface area contributed by atoms with E-state index in [0.29, 0.717) is 6.42 Å². The van der Waals surface area contributed by atoms with Crippen LogP contribution < -0.4 is 10.6 Å². The molecular formula is C24H28N2O5. The first-order valence-electron chi connectivity index (χ1n) is 10.5. The van der Waals surface area contributed by atoms with Crippen molar-refractivity contribution in [1.82, 2.24) is 10.6 Å². The van der Waals surface area contributed by atoms with Gasteiger partial charge in [-0.25, -0.2) is 4.79 Å². The van der Waals surface area contributed by atoms with Gasteiger partial charge in [-0.1, -0.05) is 62.4 Å². The molecule has 2 aromatic rings. The van der Waals surface area contributed by atoms with Gasteiger partial charge in [-0.15, -0.1) is 0 Å². The number of fused-ring (bicyclic) bond motifs is 3. The van der Waals surface area contributed by atoms with E-state index in [-0.39, 0.29) is 31.4 Å². The summed E-state index contributed by atoms with van der Waals surface area (Å²) in [6.07, 6.45) is 0.0412. The zero-order valence-corrected chi connectivity index (χ0v) is 17.8. The average Bonchev–Trinajstić information content (AvgIpc) is 3.09. The number of ether oxygens (including phenoxy) is 1. The van der Waals surface area contributed by atoms with Crippen molar-refractivity contribution < 1.29 is 24.2 Å². The SMILES string of the molecule is CC[C@H](CC(=O)NCC(C)C(=O)O)NC(=O)OCC1c2ccccc2-c2ccccc21. The van der Waals surface area contributed by atoms with Crippen molar-refractivity contribution >= 4 is 18.0 Å². The van der Waals surface area contributed by atoms with E-state index in [1.54, 1.807) is 0 Å². The lowest BCUT2D eigenvalue weighted by atomic mass is 9.98. The Morgan fingerprint density at radius 1 is 1.03 bits per heavy atom. The van der Waals surface area contributed by atoms with Crippen LogP contribution in [0.15, 0.2) is 48.5 Å². The monoisotopic (exact) mass is 424 g/mol. The predicted molar refractivity (Wildman–Crippen MR) is 117 cm³/mol. The molecule has 2 atom stereocenters. The largest absolute Gasteiger partial charge is 0.481 e. The predicted octanol–water partition coefficient (Wildman–Crippen LogP) is 3.53. The molecule has 0 bridgehead atoms. The van der Waals surface area contributed by atoms with Gasteiger partial charge in [0.2, 0.25) is 5.91 Å². The van der Waals surface area contributed by atoms with E-state index in [1.165, 1.54) is 6.92 Å². The van der Waals surface area contributed by atoms with Crippen LogP contribution in [0.4, 0.5) is 4.79 Å². The van der Waals surface area contributed by atoms with Crippen LogP contribution >= 0.6 is 0 Å². The van der Waals surface area contributed by atoms with Crippen LogP contribution in [0.2, 0.25) is 0 Å². The molecular weight excluding hydrogens is 396 g/mol. The van der Waals surface area contributed by atoms with Crippen molar-refractivity contribution in [3.63, 3.8) is 0 Å². The molecule has 0 heterocycles. The van der Waals surface area contributed by atoms with Crippen molar-refractivity contribution in [3.8, 4) is 11.1 Å². The van der Waals surface area contributed by atoms with Crippen LogP contribution in [0.1, 0.15) is 43.7 Å². The topological polar surface area (TPSA) is 105 Å². The summed E-state index contributed by atoms with van der Waals surface area (Å²) in [6.45, 7) is 3.64. The number of carboxylic acids is 1. The summed E-state index contributed by atoms with van der Waals surface area (Å²) in [6, 6.07) is 15.8. The van der Waals surface area contributed by atoms with Crippen LogP contribution in [0.5, 0.6) is 0 Å². The van der Waals surface area contributed by atoms with Gasteiger partial charge in [-0.05, 0) is 28.7 Å². The van der Waals surface area contributed by atoms with Crippen LogP contribution in [0, 0.1) is 5.92 Å². The Balaban J connectivity index is 1.53. The maximum absolute atomic E-state index is 12.4. The first-order valence-corrected chi connectivity index (χ1v) is 10.5. The van der Waals surface area contributed by atoms with Gasteiger partial charge in [-0.2, -0.15) is 0 Å². The Morgan fingerprint density at radius 2 is 1.61 bits per heavy atom. The third-order valence-corrected chi connectivity index (χ3v) is 5.62. The number of nitrogens with one attached hydrogen (secondary N) is 2. The van der Waals surface area contributed by atoms with E-state index in [2.05, 4.69) is 34.9 Å². The third kappa shape index (κ3) is 5.42. The van der Waals surface area contributed by atoms with Gasteiger partial charge in [0.05, 0.1) is 5.92 Å². The minimum Gasteiger partial charge on any atom is -0.481 e. The van der Waals surface area contributed by atoms with Gasteiger partial charge in [0.25, 0.3) is 0 Å². The second kappa shape index (κ2) is 10.1. The Hall–Kier alpha value is -3.35. The lowest BCUT2D eigenvalue weighted by Gasteiger charge is -2.19. The summed E-state index contributed by atoms with van der Waals surface area (Å²) in [5.41, 5.74) is 4.59. The smallest absolute Gasteiger partial charge is 0.407 e. The minimum absolute atomic E-state index is 0.0287. The molecule has 0 saturated carbocycles. The highest BCUT2D eigenvalue weighted by atomic mass is 16.5. The van der Waals surface area contributed by atoms with Gasteiger partial charge >= 0.3 is 12.1 Å². The summed E-state index contributed by atoms with van der Waals surface area (Å²) >= 11 is 0. The molecule has 0 aromatic heterocycles. The molecule has 1 unspecified atom stereocenters. The summed E-state index contributed by atoms with van der Waals surface area (Å²) in [5, 5.41) is 14.2. The normalized spacial score (nSPS) is 14.1. The summed E-state index contributed by atoms with van der Waals surface area (Å²) in [5.74, 6) is -1.97. The second-order valence-corrected chi connectivity index (χ2v) is 7.82. The van der Waals surface area contributed by atoms with Gasteiger partial charge in [0, 0.05) is 24.9 Å². The molecule has 0 aliphatic heterocycles. The number of benzene rings is 2. The molecule has 31 heavy (non-hydrogen) atoms. The number of hydrogen-bond donors (Lipinski definition) is 3. The summed E-state index contributed by atoms with van der Waals surface area (Å²) in [7, 11) is 0. The van der Waals surface area contributed by atoms with Gasteiger partial charge in [0.15, 0.2) is 0 Å². The van der Waals surface area contributed by atoms with E-state index in [0.717, 1.165) is 22.3 Å². The van der Waals surface area contributed by atoms with E-state index >= 15 is 0 Å². The Kier molecular flexibility index (Phi) is 7.28. The molecule has 2 aromatic carbocycles. The molecule has 164 valence electrons. The van der Waals surface area contributed by atoms with E-state index in [9.17, 15) is 14.4 Å². The minimum atomic E-state index is -0.968. The third-order valence-electron chi connectivity index (χ3n) is 5.62. The molecule has 0 radical (unpaired) electrons. The average molecular weight is 424 g/mol. The maximum Gasteiger partial charge on any atom is 0.407 e. The molecule has 1 aliphatic rings. The Morgan fingerprint density at radius 3 is 2.16 bits per heavy atom. The highest BCUT2D eigenvalue weighted by Gasteiger charge is 2.29. The summed E-state index contributed by atoms with van der Waals surface area (Å²) in [4.78, 5) is 35.3. The Labute approximate surface area is 181 Å². The molecule has 7 heteroatoms. The quantitative estimate of drug-likeness (QED) is 0.571. The molecule has 2 amide bonds. The van der Waals surface area contributed by atoms with Crippen LogP contribution in [0.3, 0.4) is 0 Å². The molecule has 1 aliphatic carbocycles. The number of aliphatic carboxylic acids is 1. The zero-order chi connectivity index (χ0) is 22.4. The zero-order valence-electron chi connectivity index (χ0n) is 17.8. The number of carbonyl (C=O) groups excluding carboxylic acids is 2. The maximum atomic E-state index is 12.4. The summed E-state index contributed by atoms with van der Waals surface area (Å²) < 4.78 is 5.52. The molecule has 0 fully saturated rings. The van der Waals surface area contributed by atoms with Gasteiger partial charge < -0.3 is 20.5 Å². The van der Waals surface area contributed by atoms with E-state index in [4.69, 9.17) is 9.84 Å². The molecule has 3 rings (SSSR count). The van der Waals surface area contributed by atoms with Gasteiger partial charge in [0.1, 0.15) is 6.61 Å². The highest BCUT2D eigenvalue weighted by molar-refractivity contribution is 5.80. The van der Waals surface area contributed by atoms with Crippen molar-refractivity contribution in [2.45, 2.75) is 38.6 Å². The Bertz CT molecular complexity index is 913. The molecule has 7 nitrogen and oxygen atoms in total. The number of hydrogen-bond acceptors (Lipinski definition) is 4. The van der Waals surface area contributed by atoms with Crippen molar-refractivity contribution in [3.05, 3.63) is 59.7 Å². The fourth-order valence-corrected chi connectivity index (χ4v) is 3.75. The lowest BCUT2D eigenvalue weighted by molar-refractivity contribution is -0.141. The van der Waals surface area contributed by atoms with Crippen LogP contribution in [-0.2, 0) is 14.3 Å². The molecule has 0 spiro atoms. The van der Waals surface area contributed by atoms with Crippen molar-refractivity contribution in [1.29, 1.82) is 0 Å².